The van der Waals surface area contributed by atoms with Crippen molar-refractivity contribution in [1.29, 1.82) is 0 Å². The van der Waals surface area contributed by atoms with Gasteiger partial charge in [-0.3, -0.25) is 4.90 Å². The highest BCUT2D eigenvalue weighted by molar-refractivity contribution is 7.89. The van der Waals surface area contributed by atoms with E-state index in [1.54, 1.807) is 13.8 Å². The largest absolute Gasteiger partial charge is 0.465 e. The highest BCUT2D eigenvalue weighted by atomic mass is 32.2. The molecule has 1 amide bonds. The van der Waals surface area contributed by atoms with E-state index < -0.39 is 62.6 Å². The second kappa shape index (κ2) is 14.3. The van der Waals surface area contributed by atoms with E-state index in [2.05, 4.69) is 4.72 Å². The number of hydrogen-bond acceptors (Lipinski definition) is 9. The number of benzene rings is 2. The van der Waals surface area contributed by atoms with Crippen LogP contribution in [0.25, 0.3) is 0 Å². The quantitative estimate of drug-likeness (QED) is 0.204. The Bertz CT molecular complexity index is 1510. The highest BCUT2D eigenvalue weighted by Crippen LogP contribution is 2.36. The lowest BCUT2D eigenvalue weighted by molar-refractivity contribution is -0.0906. The van der Waals surface area contributed by atoms with Crippen molar-refractivity contribution in [2.75, 3.05) is 44.8 Å². The molecule has 13 nitrogen and oxygen atoms in total. The first kappa shape index (κ1) is 35.1. The molecule has 2 heterocycles. The lowest BCUT2D eigenvalue weighted by Crippen LogP contribution is -2.58. The van der Waals surface area contributed by atoms with Crippen molar-refractivity contribution in [3.63, 3.8) is 0 Å². The monoisotopic (exact) mass is 668 g/mol. The minimum atomic E-state index is -4.22. The number of rotatable bonds is 15. The summed E-state index contributed by atoms with van der Waals surface area (Å²) in [6.45, 7) is 3.70. The van der Waals surface area contributed by atoms with Crippen LogP contribution in [0.1, 0.15) is 32.3 Å². The SMILES string of the molecule is CC(C)(CCNS(C)(=O)=O)CN(C[C@@H](O)[C@H](Cc1ccccc1)N(C(=O)O)[C@H]1CO[C@H]2OCC[C@H]21)S(=O)(=O)c1ccc(N)cc1. The number of aliphatic hydroxyl groups is 1. The smallest absolute Gasteiger partial charge is 0.407 e. The van der Waals surface area contributed by atoms with E-state index in [-0.39, 0.29) is 36.9 Å². The van der Waals surface area contributed by atoms with E-state index in [0.29, 0.717) is 25.1 Å². The number of fused-ring (bicyclic) bond motifs is 1. The molecule has 250 valence electrons. The van der Waals surface area contributed by atoms with Crippen LogP contribution in [-0.2, 0) is 35.9 Å². The van der Waals surface area contributed by atoms with E-state index in [9.17, 15) is 31.8 Å². The summed E-state index contributed by atoms with van der Waals surface area (Å²) < 4.78 is 66.4. The fourth-order valence-electron chi connectivity index (χ4n) is 6.03. The van der Waals surface area contributed by atoms with E-state index in [4.69, 9.17) is 15.2 Å². The van der Waals surface area contributed by atoms with E-state index in [1.807, 2.05) is 30.3 Å². The maximum atomic E-state index is 14.1. The summed E-state index contributed by atoms with van der Waals surface area (Å²) in [6, 6.07) is 13.2. The number of anilines is 1. The summed E-state index contributed by atoms with van der Waals surface area (Å²) in [4.78, 5) is 14.1. The number of hydrogen-bond donors (Lipinski definition) is 4. The van der Waals surface area contributed by atoms with Crippen molar-refractivity contribution < 1.29 is 41.3 Å². The summed E-state index contributed by atoms with van der Waals surface area (Å²) in [5.74, 6) is -0.220. The summed E-state index contributed by atoms with van der Waals surface area (Å²) >= 11 is 0. The second-order valence-electron chi connectivity index (χ2n) is 12.6. The molecule has 0 unspecified atom stereocenters. The average Bonchev–Trinajstić information content (AvgIpc) is 3.57. The van der Waals surface area contributed by atoms with Gasteiger partial charge in [0.1, 0.15) is 0 Å². The number of nitrogens with zero attached hydrogens (tertiary/aromatic N) is 2. The number of aliphatic hydroxyl groups excluding tert-OH is 1. The summed E-state index contributed by atoms with van der Waals surface area (Å²) in [7, 11) is -7.67. The van der Waals surface area contributed by atoms with E-state index in [0.717, 1.165) is 16.1 Å². The highest BCUT2D eigenvalue weighted by Gasteiger charge is 2.49. The molecule has 0 aliphatic carbocycles. The average molecular weight is 669 g/mol. The summed E-state index contributed by atoms with van der Waals surface area (Å²) in [6.07, 6.45) is -1.17. The Morgan fingerprint density at radius 3 is 2.38 bits per heavy atom. The van der Waals surface area contributed by atoms with Gasteiger partial charge in [-0.05, 0) is 54.5 Å². The lowest BCUT2D eigenvalue weighted by Gasteiger charge is -2.40. The number of sulfonamides is 2. The van der Waals surface area contributed by atoms with Gasteiger partial charge in [-0.1, -0.05) is 44.2 Å². The Morgan fingerprint density at radius 1 is 1.09 bits per heavy atom. The Morgan fingerprint density at radius 2 is 1.76 bits per heavy atom. The molecule has 2 aromatic rings. The maximum absolute atomic E-state index is 14.1. The van der Waals surface area contributed by atoms with Crippen LogP contribution in [-0.4, -0.2) is 106 Å². The topological polar surface area (TPSA) is 189 Å². The normalized spacial score (nSPS) is 21.8. The predicted octanol–water partition coefficient (Wildman–Crippen LogP) is 1.94. The third-order valence-corrected chi connectivity index (χ3v) is 10.9. The molecule has 2 aliphatic heterocycles. The molecule has 0 aromatic heterocycles. The molecule has 5 atom stereocenters. The van der Waals surface area contributed by atoms with Crippen molar-refractivity contribution in [3.8, 4) is 0 Å². The number of carbonyl (C=O) groups is 1. The molecule has 2 saturated heterocycles. The zero-order valence-electron chi connectivity index (χ0n) is 25.8. The maximum Gasteiger partial charge on any atom is 0.407 e. The first-order valence-corrected chi connectivity index (χ1v) is 18.2. The van der Waals surface area contributed by atoms with Crippen LogP contribution in [0.15, 0.2) is 59.5 Å². The Balaban J connectivity index is 1.69. The molecule has 0 spiro atoms. The van der Waals surface area contributed by atoms with Crippen molar-refractivity contribution in [1.82, 2.24) is 13.9 Å². The lowest BCUT2D eigenvalue weighted by atomic mass is 9.89. The summed E-state index contributed by atoms with van der Waals surface area (Å²) in [5, 5.41) is 22.4. The van der Waals surface area contributed by atoms with Crippen LogP contribution in [0.5, 0.6) is 0 Å². The van der Waals surface area contributed by atoms with Gasteiger partial charge in [0.25, 0.3) is 0 Å². The Hall–Kier alpha value is -2.79. The van der Waals surface area contributed by atoms with Gasteiger partial charge in [0.05, 0.1) is 42.6 Å². The van der Waals surface area contributed by atoms with Gasteiger partial charge in [0, 0.05) is 31.2 Å². The van der Waals surface area contributed by atoms with Crippen molar-refractivity contribution >= 4 is 31.8 Å². The molecule has 0 saturated carbocycles. The summed E-state index contributed by atoms with van der Waals surface area (Å²) in [5.41, 5.74) is 6.21. The van der Waals surface area contributed by atoms with Crippen LogP contribution in [0.4, 0.5) is 10.5 Å². The van der Waals surface area contributed by atoms with E-state index >= 15 is 0 Å². The predicted molar refractivity (Wildman–Crippen MR) is 168 cm³/mol. The molecule has 4 rings (SSSR count). The Labute approximate surface area is 265 Å². The third-order valence-electron chi connectivity index (χ3n) is 8.35. The molecule has 2 aromatic carbocycles. The second-order valence-corrected chi connectivity index (χ2v) is 16.3. The van der Waals surface area contributed by atoms with Gasteiger partial charge in [-0.2, -0.15) is 4.31 Å². The van der Waals surface area contributed by atoms with Crippen molar-refractivity contribution in [3.05, 3.63) is 60.2 Å². The first-order chi connectivity index (χ1) is 21.1. The van der Waals surface area contributed by atoms with Crippen LogP contribution in [0.3, 0.4) is 0 Å². The van der Waals surface area contributed by atoms with Gasteiger partial charge in [0.15, 0.2) is 6.29 Å². The molecular weight excluding hydrogens is 624 g/mol. The van der Waals surface area contributed by atoms with Crippen LogP contribution in [0.2, 0.25) is 0 Å². The standard InChI is InChI=1S/C30H44N4O9S2/c1-30(2,14-15-32-44(3,38)39)20-33(45(40,41)23-11-9-22(31)10-12-23)18-27(35)25(17-21-7-5-4-6-8-21)34(29(36)37)26-19-43-28-24(26)13-16-42-28/h4-12,24-28,32,35H,13-20,31H2,1-3H3,(H,36,37)/t24-,25-,26-,27+,28+/m0/s1. The molecule has 15 heteroatoms. The van der Waals surface area contributed by atoms with Gasteiger partial charge < -0.3 is 25.4 Å². The molecule has 0 bridgehead atoms. The molecular formula is C30H44N4O9S2. The molecule has 0 radical (unpaired) electrons. The minimum Gasteiger partial charge on any atom is -0.465 e. The fourth-order valence-corrected chi connectivity index (χ4v) is 8.15. The van der Waals surface area contributed by atoms with Crippen LogP contribution < -0.4 is 10.5 Å². The number of nitrogens with two attached hydrogens (primary N) is 1. The fraction of sp³-hybridized carbons (Fsp3) is 0.567. The number of nitrogens with one attached hydrogen (secondary N) is 1. The zero-order valence-corrected chi connectivity index (χ0v) is 27.4. The molecule has 5 N–H and O–H groups in total. The van der Waals surface area contributed by atoms with Gasteiger partial charge in [-0.15, -0.1) is 0 Å². The molecule has 2 aliphatic rings. The van der Waals surface area contributed by atoms with Gasteiger partial charge >= 0.3 is 6.09 Å². The van der Waals surface area contributed by atoms with Crippen LogP contribution in [0, 0.1) is 11.3 Å². The third kappa shape index (κ3) is 9.15. The Kier molecular flexibility index (Phi) is 11.2. The number of ether oxygens (including phenoxy) is 2. The van der Waals surface area contributed by atoms with Gasteiger partial charge in [-0.25, -0.2) is 26.4 Å². The minimum absolute atomic E-state index is 0.0428. The number of carboxylic acid groups (broad SMARTS) is 1. The van der Waals surface area contributed by atoms with Crippen molar-refractivity contribution in [2.24, 2.45) is 11.3 Å². The van der Waals surface area contributed by atoms with E-state index in [1.165, 1.54) is 29.2 Å². The first-order valence-electron chi connectivity index (χ1n) is 14.8. The van der Waals surface area contributed by atoms with Gasteiger partial charge in [0.2, 0.25) is 20.0 Å². The number of nitrogen functional groups attached to an aromatic ring is 1. The molecule has 2 fully saturated rings. The van der Waals surface area contributed by atoms with Crippen molar-refractivity contribution in [2.45, 2.75) is 62.5 Å². The van der Waals surface area contributed by atoms with Crippen LogP contribution >= 0.6 is 0 Å². The zero-order chi connectivity index (χ0) is 33.0. The number of amides is 1. The molecule has 45 heavy (non-hydrogen) atoms.